The fourth-order valence-corrected chi connectivity index (χ4v) is 3.45. The van der Waals surface area contributed by atoms with Gasteiger partial charge in [0.2, 0.25) is 10.0 Å². The normalized spacial score (nSPS) is 13.9. The van der Waals surface area contributed by atoms with E-state index in [-0.39, 0.29) is 0 Å². The van der Waals surface area contributed by atoms with Crippen LogP contribution in [0.2, 0.25) is 0 Å². The first-order valence-electron chi connectivity index (χ1n) is 5.65. The molecule has 0 fully saturated rings. The minimum Gasteiger partial charge on any atom is -0.393 e. The van der Waals surface area contributed by atoms with E-state index in [1.165, 1.54) is 11.4 Å². The van der Waals surface area contributed by atoms with E-state index in [2.05, 4.69) is 15.9 Å². The molecule has 0 saturated heterocycles. The number of hydrogen-bond donors (Lipinski definition) is 1. The number of sulfonamides is 1. The summed E-state index contributed by atoms with van der Waals surface area (Å²) in [5, 5.41) is 9.21. The number of rotatable bonds is 5. The molecule has 0 amide bonds. The minimum absolute atomic E-state index is 0.296. The molecule has 1 atom stereocenters. The van der Waals surface area contributed by atoms with Crippen molar-refractivity contribution in [3.05, 3.63) is 28.2 Å². The Hall–Kier alpha value is -0.430. The Morgan fingerprint density at radius 2 is 2.06 bits per heavy atom. The zero-order valence-electron chi connectivity index (χ0n) is 10.7. The van der Waals surface area contributed by atoms with Gasteiger partial charge in [-0.05, 0) is 38.0 Å². The lowest BCUT2D eigenvalue weighted by Crippen LogP contribution is -2.30. The van der Waals surface area contributed by atoms with Gasteiger partial charge in [-0.25, -0.2) is 12.7 Å². The van der Waals surface area contributed by atoms with Gasteiger partial charge >= 0.3 is 0 Å². The molecule has 4 nitrogen and oxygen atoms in total. The Balaban J connectivity index is 3.02. The second kappa shape index (κ2) is 6.14. The van der Waals surface area contributed by atoms with E-state index in [1.54, 1.807) is 26.0 Å². The zero-order chi connectivity index (χ0) is 13.9. The van der Waals surface area contributed by atoms with Crippen LogP contribution in [0.3, 0.4) is 0 Å². The first kappa shape index (κ1) is 15.6. The van der Waals surface area contributed by atoms with E-state index in [9.17, 15) is 13.5 Å². The van der Waals surface area contributed by atoms with Crippen molar-refractivity contribution in [3.8, 4) is 0 Å². The Morgan fingerprint density at radius 1 is 1.44 bits per heavy atom. The van der Waals surface area contributed by atoms with Gasteiger partial charge < -0.3 is 5.11 Å². The van der Waals surface area contributed by atoms with E-state index >= 15 is 0 Å². The van der Waals surface area contributed by atoms with Crippen molar-refractivity contribution in [2.75, 3.05) is 13.6 Å². The van der Waals surface area contributed by atoms with E-state index in [1.807, 2.05) is 6.07 Å². The standard InChI is InChI=1S/C12H18BrNO3S/c1-9-4-5-11(13)8-12(9)18(16,17)14(3)7-6-10(2)15/h4-5,8,10,15H,6-7H2,1-3H3. The number of aliphatic hydroxyl groups excluding tert-OH is 1. The molecule has 0 aliphatic heterocycles. The number of aliphatic hydroxyl groups is 1. The fraction of sp³-hybridized carbons (Fsp3) is 0.500. The fourth-order valence-electron chi connectivity index (χ4n) is 1.51. The predicted molar refractivity (Wildman–Crippen MR) is 75.0 cm³/mol. The van der Waals surface area contributed by atoms with Gasteiger partial charge in [0.05, 0.1) is 11.0 Å². The summed E-state index contributed by atoms with van der Waals surface area (Å²) >= 11 is 3.28. The van der Waals surface area contributed by atoms with Crippen molar-refractivity contribution in [2.45, 2.75) is 31.3 Å². The van der Waals surface area contributed by atoms with Crippen LogP contribution in [0, 0.1) is 6.92 Å². The van der Waals surface area contributed by atoms with E-state index in [4.69, 9.17) is 0 Å². The van der Waals surface area contributed by atoms with E-state index < -0.39 is 16.1 Å². The van der Waals surface area contributed by atoms with Gasteiger partial charge in [-0.15, -0.1) is 0 Å². The van der Waals surface area contributed by atoms with Crippen molar-refractivity contribution < 1.29 is 13.5 Å². The van der Waals surface area contributed by atoms with Crippen LogP contribution in [0.15, 0.2) is 27.6 Å². The maximum Gasteiger partial charge on any atom is 0.243 e. The molecule has 1 rings (SSSR count). The molecule has 102 valence electrons. The van der Waals surface area contributed by atoms with Crippen LogP contribution in [-0.2, 0) is 10.0 Å². The molecule has 0 aliphatic rings. The third-order valence-electron chi connectivity index (χ3n) is 2.70. The Kier molecular flexibility index (Phi) is 5.33. The molecule has 1 aromatic rings. The average Bonchev–Trinajstić information content (AvgIpc) is 2.28. The van der Waals surface area contributed by atoms with Crippen molar-refractivity contribution in [3.63, 3.8) is 0 Å². The Morgan fingerprint density at radius 3 is 2.61 bits per heavy atom. The summed E-state index contributed by atoms with van der Waals surface area (Å²) in [7, 11) is -1.97. The SMILES string of the molecule is Cc1ccc(Br)cc1S(=O)(=O)N(C)CCC(C)O. The van der Waals surface area contributed by atoms with Crippen LogP contribution in [0.25, 0.3) is 0 Å². The van der Waals surface area contributed by atoms with Crippen molar-refractivity contribution >= 4 is 26.0 Å². The first-order valence-corrected chi connectivity index (χ1v) is 7.89. The second-order valence-electron chi connectivity index (χ2n) is 4.37. The highest BCUT2D eigenvalue weighted by molar-refractivity contribution is 9.10. The zero-order valence-corrected chi connectivity index (χ0v) is 13.1. The highest BCUT2D eigenvalue weighted by Crippen LogP contribution is 2.23. The van der Waals surface area contributed by atoms with Crippen LogP contribution >= 0.6 is 15.9 Å². The summed E-state index contributed by atoms with van der Waals surface area (Å²) in [6.45, 7) is 3.71. The van der Waals surface area contributed by atoms with Gasteiger partial charge in [0, 0.05) is 18.1 Å². The molecule has 6 heteroatoms. The van der Waals surface area contributed by atoms with E-state index in [0.717, 1.165) is 4.47 Å². The Labute approximate surface area is 117 Å². The summed E-state index contributed by atoms with van der Waals surface area (Å²) in [5.74, 6) is 0. The number of nitrogens with zero attached hydrogens (tertiary/aromatic N) is 1. The molecular formula is C12H18BrNO3S. The number of benzene rings is 1. The summed E-state index contributed by atoms with van der Waals surface area (Å²) in [6, 6.07) is 5.17. The number of aryl methyl sites for hydroxylation is 1. The van der Waals surface area contributed by atoms with Crippen molar-refractivity contribution in [2.24, 2.45) is 0 Å². The van der Waals surface area contributed by atoms with Crippen LogP contribution in [-0.4, -0.2) is 37.5 Å². The molecule has 1 unspecified atom stereocenters. The lowest BCUT2D eigenvalue weighted by molar-refractivity contribution is 0.177. The number of halogens is 1. The maximum absolute atomic E-state index is 12.3. The summed E-state index contributed by atoms with van der Waals surface area (Å²) < 4.78 is 26.7. The molecule has 0 saturated carbocycles. The smallest absolute Gasteiger partial charge is 0.243 e. The Bertz CT molecular complexity index is 514. The monoisotopic (exact) mass is 335 g/mol. The van der Waals surface area contributed by atoms with Gasteiger partial charge in [-0.2, -0.15) is 0 Å². The molecule has 18 heavy (non-hydrogen) atoms. The largest absolute Gasteiger partial charge is 0.393 e. The number of hydrogen-bond acceptors (Lipinski definition) is 3. The molecule has 1 N–H and O–H groups in total. The predicted octanol–water partition coefficient (Wildman–Crippen LogP) is 2.15. The minimum atomic E-state index is -3.50. The van der Waals surface area contributed by atoms with Gasteiger partial charge in [0.15, 0.2) is 0 Å². The lowest BCUT2D eigenvalue weighted by atomic mass is 10.2. The second-order valence-corrected chi connectivity index (χ2v) is 7.30. The molecule has 0 radical (unpaired) electrons. The average molecular weight is 336 g/mol. The van der Waals surface area contributed by atoms with E-state index in [0.29, 0.717) is 23.4 Å². The molecule has 0 aromatic heterocycles. The van der Waals surface area contributed by atoms with Gasteiger partial charge in [-0.1, -0.05) is 22.0 Å². The summed E-state index contributed by atoms with van der Waals surface area (Å²) in [6.07, 6.45) is -0.0887. The topological polar surface area (TPSA) is 57.6 Å². The molecule has 0 spiro atoms. The van der Waals surface area contributed by atoms with Crippen molar-refractivity contribution in [1.82, 2.24) is 4.31 Å². The molecule has 0 aliphatic carbocycles. The van der Waals surface area contributed by atoms with Gasteiger partial charge in [-0.3, -0.25) is 0 Å². The highest BCUT2D eigenvalue weighted by Gasteiger charge is 2.22. The highest BCUT2D eigenvalue weighted by atomic mass is 79.9. The first-order chi connectivity index (χ1) is 8.25. The quantitative estimate of drug-likeness (QED) is 0.896. The van der Waals surface area contributed by atoms with Crippen LogP contribution in [0.1, 0.15) is 18.9 Å². The van der Waals surface area contributed by atoms with Crippen LogP contribution in [0.5, 0.6) is 0 Å². The molecule has 1 aromatic carbocycles. The van der Waals surface area contributed by atoms with Crippen LogP contribution in [0.4, 0.5) is 0 Å². The third-order valence-corrected chi connectivity index (χ3v) is 5.19. The van der Waals surface area contributed by atoms with Crippen LogP contribution < -0.4 is 0 Å². The van der Waals surface area contributed by atoms with Crippen molar-refractivity contribution in [1.29, 1.82) is 0 Å². The lowest BCUT2D eigenvalue weighted by Gasteiger charge is -2.19. The summed E-state index contributed by atoms with van der Waals surface area (Å²) in [5.41, 5.74) is 0.710. The molecule has 0 bridgehead atoms. The van der Waals surface area contributed by atoms with Gasteiger partial charge in [0.1, 0.15) is 0 Å². The molecule has 0 heterocycles. The molecular weight excluding hydrogens is 318 g/mol. The summed E-state index contributed by atoms with van der Waals surface area (Å²) in [4.78, 5) is 0.296. The maximum atomic E-state index is 12.3. The third kappa shape index (κ3) is 3.78. The van der Waals surface area contributed by atoms with Gasteiger partial charge in [0.25, 0.3) is 0 Å².